The van der Waals surface area contributed by atoms with Crippen LogP contribution in [0.25, 0.3) is 0 Å². The lowest BCUT2D eigenvalue weighted by molar-refractivity contribution is -0.156. The fourth-order valence-corrected chi connectivity index (χ4v) is 0.403. The van der Waals surface area contributed by atoms with Gasteiger partial charge in [-0.2, -0.15) is 0 Å². The van der Waals surface area contributed by atoms with Gasteiger partial charge in [0.05, 0.1) is 0 Å². The van der Waals surface area contributed by atoms with Crippen LogP contribution in [0.3, 0.4) is 0 Å². The molecular weight excluding hydrogens is 172 g/mol. The van der Waals surface area contributed by atoms with Crippen molar-refractivity contribution in [2.75, 3.05) is 6.61 Å². The monoisotopic (exact) mass is 178 g/mol. The van der Waals surface area contributed by atoms with Crippen LogP contribution in [0.5, 0.6) is 0 Å². The van der Waals surface area contributed by atoms with Gasteiger partial charge in [0, 0.05) is 0 Å². The molecule has 0 aromatic heterocycles. The molecule has 12 heavy (non-hydrogen) atoms. The summed E-state index contributed by atoms with van der Waals surface area (Å²) in [4.78, 5) is 29.9. The summed E-state index contributed by atoms with van der Waals surface area (Å²) in [6.45, 7) is -0.889. The van der Waals surface area contributed by atoms with Crippen LogP contribution in [0, 0.1) is 5.92 Å². The van der Waals surface area contributed by atoms with E-state index in [1.165, 1.54) is 0 Å². The van der Waals surface area contributed by atoms with Crippen LogP contribution in [-0.4, -0.2) is 40.0 Å². The fourth-order valence-electron chi connectivity index (χ4n) is 0.403. The number of carbonyl (C=O) groups is 3. The Hall–Kier alpha value is -1.79. The quantitative estimate of drug-likeness (QED) is 0.390. The van der Waals surface area contributed by atoms with Crippen LogP contribution >= 0.6 is 0 Å². The third-order valence-electron chi connectivity index (χ3n) is 0.970. The molecule has 0 saturated heterocycles. The zero-order valence-electron chi connectivity index (χ0n) is 5.76. The van der Waals surface area contributed by atoms with Crippen LogP contribution in [0.1, 0.15) is 0 Å². The SMILES string of the molecule is O=C(O)OCC(C(=O)O)C(=O)O. The van der Waals surface area contributed by atoms with Crippen molar-refractivity contribution in [2.24, 2.45) is 5.92 Å². The van der Waals surface area contributed by atoms with Crippen molar-refractivity contribution >= 4 is 18.1 Å². The van der Waals surface area contributed by atoms with E-state index in [2.05, 4.69) is 4.74 Å². The maximum Gasteiger partial charge on any atom is 0.505 e. The molecule has 0 saturated carbocycles. The Morgan fingerprint density at radius 2 is 1.50 bits per heavy atom. The first-order chi connectivity index (χ1) is 5.45. The molecule has 68 valence electrons. The zero-order valence-corrected chi connectivity index (χ0v) is 5.76. The molecule has 0 aliphatic carbocycles. The second-order valence-electron chi connectivity index (χ2n) is 1.81. The van der Waals surface area contributed by atoms with Crippen molar-refractivity contribution in [2.45, 2.75) is 0 Å². The Bertz CT molecular complexity index is 194. The van der Waals surface area contributed by atoms with Gasteiger partial charge in [-0.3, -0.25) is 9.59 Å². The highest BCUT2D eigenvalue weighted by Crippen LogP contribution is 1.98. The summed E-state index contributed by atoms with van der Waals surface area (Å²) in [5, 5.41) is 24.3. The van der Waals surface area contributed by atoms with Gasteiger partial charge < -0.3 is 20.1 Å². The van der Waals surface area contributed by atoms with Crippen molar-refractivity contribution < 1.29 is 34.4 Å². The van der Waals surface area contributed by atoms with Gasteiger partial charge in [-0.25, -0.2) is 4.79 Å². The van der Waals surface area contributed by atoms with Crippen LogP contribution in [-0.2, 0) is 14.3 Å². The first kappa shape index (κ1) is 10.2. The lowest BCUT2D eigenvalue weighted by Gasteiger charge is -2.04. The zero-order chi connectivity index (χ0) is 9.72. The molecule has 0 amide bonds. The van der Waals surface area contributed by atoms with Crippen molar-refractivity contribution in [3.8, 4) is 0 Å². The molecule has 0 heterocycles. The van der Waals surface area contributed by atoms with Gasteiger partial charge in [0.25, 0.3) is 0 Å². The molecular formula is C5H6O7. The highest BCUT2D eigenvalue weighted by Gasteiger charge is 2.27. The number of rotatable bonds is 4. The van der Waals surface area contributed by atoms with Crippen LogP contribution < -0.4 is 0 Å². The van der Waals surface area contributed by atoms with Gasteiger partial charge in [-0.1, -0.05) is 0 Å². The molecule has 0 atom stereocenters. The first-order valence-electron chi connectivity index (χ1n) is 2.76. The predicted octanol–water partition coefficient (Wildman–Crippen LogP) is -0.534. The van der Waals surface area contributed by atoms with E-state index in [1.54, 1.807) is 0 Å². The van der Waals surface area contributed by atoms with E-state index in [-0.39, 0.29) is 0 Å². The Morgan fingerprint density at radius 1 is 1.08 bits per heavy atom. The lowest BCUT2D eigenvalue weighted by atomic mass is 10.2. The molecule has 0 bridgehead atoms. The van der Waals surface area contributed by atoms with Crippen molar-refractivity contribution in [3.05, 3.63) is 0 Å². The van der Waals surface area contributed by atoms with Crippen LogP contribution in [0.2, 0.25) is 0 Å². The van der Waals surface area contributed by atoms with E-state index >= 15 is 0 Å². The molecule has 3 N–H and O–H groups in total. The van der Waals surface area contributed by atoms with Gasteiger partial charge in [0.1, 0.15) is 6.61 Å². The minimum absolute atomic E-state index is 0.889. The molecule has 0 aromatic carbocycles. The lowest BCUT2D eigenvalue weighted by Crippen LogP contribution is -2.28. The van der Waals surface area contributed by atoms with Gasteiger partial charge in [0.2, 0.25) is 0 Å². The van der Waals surface area contributed by atoms with E-state index in [1.807, 2.05) is 0 Å². The summed E-state index contributed by atoms with van der Waals surface area (Å²) < 4.78 is 3.78. The Morgan fingerprint density at radius 3 is 1.75 bits per heavy atom. The highest BCUT2D eigenvalue weighted by molar-refractivity contribution is 5.93. The molecule has 0 aromatic rings. The highest BCUT2D eigenvalue weighted by atomic mass is 16.7. The molecule has 0 aliphatic rings. The van der Waals surface area contributed by atoms with Gasteiger partial charge in [-0.15, -0.1) is 0 Å². The summed E-state index contributed by atoms with van der Waals surface area (Å²) in [5.41, 5.74) is 0. The fraction of sp³-hybridized carbons (Fsp3) is 0.400. The van der Waals surface area contributed by atoms with Crippen LogP contribution in [0.4, 0.5) is 4.79 Å². The third-order valence-corrected chi connectivity index (χ3v) is 0.970. The number of carboxylic acid groups (broad SMARTS) is 3. The van der Waals surface area contributed by atoms with E-state index in [0.29, 0.717) is 0 Å². The second-order valence-corrected chi connectivity index (χ2v) is 1.81. The summed E-state index contributed by atoms with van der Waals surface area (Å²) in [5.74, 6) is -5.12. The van der Waals surface area contributed by atoms with E-state index in [0.717, 1.165) is 0 Å². The molecule has 0 aliphatic heterocycles. The smallest absolute Gasteiger partial charge is 0.481 e. The largest absolute Gasteiger partial charge is 0.505 e. The third kappa shape index (κ3) is 3.40. The van der Waals surface area contributed by atoms with Gasteiger partial charge >= 0.3 is 18.1 Å². The van der Waals surface area contributed by atoms with Crippen molar-refractivity contribution in [3.63, 3.8) is 0 Å². The standard InChI is InChI=1S/C5H6O7/c6-3(7)2(4(8)9)1-12-5(10)11/h2H,1H2,(H,6,7)(H,8,9)(H,10,11). The number of carboxylic acids is 2. The average Bonchev–Trinajstić information content (AvgIpc) is 1.84. The average molecular weight is 178 g/mol. The summed E-state index contributed by atoms with van der Waals surface area (Å²) in [7, 11) is 0. The van der Waals surface area contributed by atoms with E-state index < -0.39 is 30.6 Å². The molecule has 0 spiro atoms. The predicted molar refractivity (Wildman–Crippen MR) is 32.7 cm³/mol. The summed E-state index contributed by atoms with van der Waals surface area (Å²) in [6, 6.07) is 0. The molecule has 7 heteroatoms. The van der Waals surface area contributed by atoms with E-state index in [4.69, 9.17) is 15.3 Å². The maximum atomic E-state index is 10.1. The molecule has 0 unspecified atom stereocenters. The minimum atomic E-state index is -1.85. The number of aliphatic carboxylic acids is 2. The topological polar surface area (TPSA) is 121 Å². The molecule has 0 rings (SSSR count). The number of hydrogen-bond acceptors (Lipinski definition) is 4. The van der Waals surface area contributed by atoms with Crippen LogP contribution in [0.15, 0.2) is 0 Å². The molecule has 0 radical (unpaired) electrons. The Labute approximate surface area is 66.2 Å². The second kappa shape index (κ2) is 4.16. The maximum absolute atomic E-state index is 10.1. The molecule has 7 nitrogen and oxygen atoms in total. The summed E-state index contributed by atoms with van der Waals surface area (Å²) >= 11 is 0. The normalized spacial score (nSPS) is 9.42. The van der Waals surface area contributed by atoms with E-state index in [9.17, 15) is 14.4 Å². The Kier molecular flexibility index (Phi) is 3.54. The van der Waals surface area contributed by atoms with Gasteiger partial charge in [-0.05, 0) is 0 Å². The summed E-state index contributed by atoms with van der Waals surface area (Å²) in [6.07, 6.45) is -1.71. The number of ether oxygens (including phenoxy) is 1. The number of hydrogen-bond donors (Lipinski definition) is 3. The minimum Gasteiger partial charge on any atom is -0.481 e. The van der Waals surface area contributed by atoms with Gasteiger partial charge in [0.15, 0.2) is 5.92 Å². The molecule has 0 fully saturated rings. The van der Waals surface area contributed by atoms with Crippen molar-refractivity contribution in [1.82, 2.24) is 0 Å². The van der Waals surface area contributed by atoms with Crippen molar-refractivity contribution in [1.29, 1.82) is 0 Å². The first-order valence-corrected chi connectivity index (χ1v) is 2.76. The Balaban J connectivity index is 4.06.